The van der Waals surface area contributed by atoms with Gasteiger partial charge in [0.05, 0.1) is 35.3 Å². The van der Waals surface area contributed by atoms with Crippen molar-refractivity contribution in [3.05, 3.63) is 53.8 Å². The SMILES string of the molecule is C[C@@H]1CN([C@H](C)CO)C(=O)c2cc(NC(=O)NC3CCCCC3)ccc2O[C@@H](C)CCCCO[C@H]1CN(C)S(=O)(=O)c1ccc(F)cc1. The van der Waals surface area contributed by atoms with E-state index in [4.69, 9.17) is 9.47 Å². The second-order valence-electron chi connectivity index (χ2n) is 13.2. The summed E-state index contributed by atoms with van der Waals surface area (Å²) in [4.78, 5) is 28.7. The Bertz CT molecular complexity index is 1470. The van der Waals surface area contributed by atoms with Crippen LogP contribution in [0.4, 0.5) is 14.9 Å². The van der Waals surface area contributed by atoms with Crippen LogP contribution in [0.3, 0.4) is 0 Å². The van der Waals surface area contributed by atoms with Crippen LogP contribution in [0.2, 0.25) is 0 Å². The molecule has 0 radical (unpaired) electrons. The van der Waals surface area contributed by atoms with Gasteiger partial charge in [-0.2, -0.15) is 4.31 Å². The molecule has 0 aromatic heterocycles. The molecular weight excluding hydrogens is 639 g/mol. The highest BCUT2D eigenvalue weighted by Crippen LogP contribution is 2.29. The summed E-state index contributed by atoms with van der Waals surface area (Å²) in [5.41, 5.74) is 0.682. The van der Waals surface area contributed by atoms with Crippen LogP contribution in [-0.2, 0) is 14.8 Å². The third-order valence-electron chi connectivity index (χ3n) is 9.21. The molecule has 1 aliphatic heterocycles. The number of nitrogens with one attached hydrogen (secondary N) is 2. The molecule has 4 rings (SSSR count). The first-order valence-corrected chi connectivity index (χ1v) is 18.5. The first kappa shape index (κ1) is 37.6. The van der Waals surface area contributed by atoms with E-state index in [0.29, 0.717) is 30.9 Å². The maximum Gasteiger partial charge on any atom is 0.319 e. The first-order chi connectivity index (χ1) is 22.9. The fourth-order valence-corrected chi connectivity index (χ4v) is 7.38. The number of carbonyl (C=O) groups is 2. The van der Waals surface area contributed by atoms with Crippen molar-refractivity contribution < 1.29 is 37.0 Å². The van der Waals surface area contributed by atoms with E-state index in [2.05, 4.69) is 10.6 Å². The van der Waals surface area contributed by atoms with Gasteiger partial charge in [-0.25, -0.2) is 17.6 Å². The second kappa shape index (κ2) is 17.4. The Morgan fingerprint density at radius 2 is 1.75 bits per heavy atom. The molecule has 0 saturated heterocycles. The molecule has 1 aliphatic carbocycles. The number of likely N-dealkylation sites (N-methyl/N-ethyl adjacent to an activating group) is 1. The van der Waals surface area contributed by atoms with Crippen LogP contribution < -0.4 is 15.4 Å². The highest BCUT2D eigenvalue weighted by Gasteiger charge is 2.32. The van der Waals surface area contributed by atoms with Crippen molar-refractivity contribution in [1.82, 2.24) is 14.5 Å². The summed E-state index contributed by atoms with van der Waals surface area (Å²) in [6.07, 6.45) is 6.57. The molecule has 0 bridgehead atoms. The topological polar surface area (TPSA) is 138 Å². The van der Waals surface area contributed by atoms with Crippen LogP contribution in [-0.4, -0.2) is 92.3 Å². The summed E-state index contributed by atoms with van der Waals surface area (Å²) >= 11 is 0. The first-order valence-electron chi connectivity index (χ1n) is 17.0. The normalized spacial score (nSPS) is 22.7. The highest BCUT2D eigenvalue weighted by atomic mass is 32.2. The molecule has 2 aromatic rings. The van der Waals surface area contributed by atoms with E-state index in [1.165, 1.54) is 29.9 Å². The van der Waals surface area contributed by atoms with E-state index < -0.39 is 33.9 Å². The number of sulfonamides is 1. The fourth-order valence-electron chi connectivity index (χ4n) is 6.20. The summed E-state index contributed by atoms with van der Waals surface area (Å²) in [6, 6.07) is 8.87. The van der Waals surface area contributed by atoms with Crippen LogP contribution in [0.15, 0.2) is 47.4 Å². The lowest BCUT2D eigenvalue weighted by Gasteiger charge is -2.35. The third kappa shape index (κ3) is 10.1. The number of anilines is 1. The number of amides is 3. The van der Waals surface area contributed by atoms with Gasteiger partial charge in [-0.3, -0.25) is 4.79 Å². The van der Waals surface area contributed by atoms with E-state index in [1.54, 1.807) is 30.0 Å². The van der Waals surface area contributed by atoms with Gasteiger partial charge >= 0.3 is 6.03 Å². The number of hydrogen-bond donors (Lipinski definition) is 3. The zero-order valence-electron chi connectivity index (χ0n) is 28.5. The number of fused-ring (bicyclic) bond motifs is 1. The molecule has 0 unspecified atom stereocenters. The van der Waals surface area contributed by atoms with Crippen molar-refractivity contribution in [2.24, 2.45) is 5.92 Å². The van der Waals surface area contributed by atoms with E-state index in [0.717, 1.165) is 44.2 Å². The van der Waals surface area contributed by atoms with E-state index in [1.807, 2.05) is 13.8 Å². The summed E-state index contributed by atoms with van der Waals surface area (Å²) in [5, 5.41) is 16.1. The number of carbonyl (C=O) groups excluding carboxylic acids is 2. The van der Waals surface area contributed by atoms with Gasteiger partial charge in [0, 0.05) is 44.4 Å². The number of halogens is 1. The summed E-state index contributed by atoms with van der Waals surface area (Å²) in [6.45, 7) is 5.76. The zero-order valence-corrected chi connectivity index (χ0v) is 29.3. The maximum atomic E-state index is 14.3. The van der Waals surface area contributed by atoms with Gasteiger partial charge in [-0.15, -0.1) is 0 Å². The predicted octanol–water partition coefficient (Wildman–Crippen LogP) is 5.40. The number of rotatable bonds is 8. The minimum atomic E-state index is -3.95. The third-order valence-corrected chi connectivity index (χ3v) is 11.0. The van der Waals surface area contributed by atoms with Crippen molar-refractivity contribution in [2.45, 2.75) is 101 Å². The van der Waals surface area contributed by atoms with Gasteiger partial charge in [0.1, 0.15) is 11.6 Å². The minimum Gasteiger partial charge on any atom is -0.490 e. The molecule has 1 fully saturated rings. The van der Waals surface area contributed by atoms with E-state index >= 15 is 0 Å². The Morgan fingerprint density at radius 1 is 1.06 bits per heavy atom. The van der Waals surface area contributed by atoms with Crippen molar-refractivity contribution in [1.29, 1.82) is 0 Å². The predicted molar refractivity (Wildman–Crippen MR) is 182 cm³/mol. The average molecular weight is 691 g/mol. The van der Waals surface area contributed by atoms with E-state index in [-0.39, 0.29) is 54.3 Å². The van der Waals surface area contributed by atoms with Gasteiger partial charge in [0.15, 0.2) is 0 Å². The quantitative estimate of drug-likeness (QED) is 0.338. The van der Waals surface area contributed by atoms with Crippen molar-refractivity contribution in [3.8, 4) is 5.75 Å². The summed E-state index contributed by atoms with van der Waals surface area (Å²) in [5.74, 6) is -0.912. The Morgan fingerprint density at radius 3 is 2.44 bits per heavy atom. The molecule has 266 valence electrons. The van der Waals surface area contributed by atoms with Crippen molar-refractivity contribution >= 4 is 27.6 Å². The van der Waals surface area contributed by atoms with Crippen LogP contribution in [0.5, 0.6) is 5.75 Å². The molecule has 11 nitrogen and oxygen atoms in total. The second-order valence-corrected chi connectivity index (χ2v) is 15.2. The Kier molecular flexibility index (Phi) is 13.6. The van der Waals surface area contributed by atoms with Crippen LogP contribution in [0, 0.1) is 11.7 Å². The van der Waals surface area contributed by atoms with Crippen LogP contribution >= 0.6 is 0 Å². The van der Waals surface area contributed by atoms with Crippen molar-refractivity contribution in [2.75, 3.05) is 38.7 Å². The van der Waals surface area contributed by atoms with Crippen LogP contribution in [0.1, 0.15) is 82.5 Å². The molecule has 13 heteroatoms. The lowest BCUT2D eigenvalue weighted by atomic mass is 9.96. The Balaban J connectivity index is 1.60. The molecule has 3 amide bonds. The number of nitrogens with zero attached hydrogens (tertiary/aromatic N) is 2. The van der Waals surface area contributed by atoms with Crippen molar-refractivity contribution in [3.63, 3.8) is 0 Å². The van der Waals surface area contributed by atoms with Gasteiger partial charge in [0.2, 0.25) is 10.0 Å². The van der Waals surface area contributed by atoms with Gasteiger partial charge < -0.3 is 30.1 Å². The lowest BCUT2D eigenvalue weighted by molar-refractivity contribution is -0.00834. The molecule has 1 saturated carbocycles. The van der Waals surface area contributed by atoms with E-state index in [9.17, 15) is 27.5 Å². The average Bonchev–Trinajstić information content (AvgIpc) is 3.06. The largest absolute Gasteiger partial charge is 0.490 e. The van der Waals surface area contributed by atoms with Gasteiger partial charge in [0.25, 0.3) is 5.91 Å². The molecule has 1 heterocycles. The standard InChI is InChI=1S/C35H51FN4O7S/c1-24-21-40(25(2)23-41)34(42)31-20-29(38-35(43)37-28-11-6-5-7-12-28)15-18-32(31)47-26(3)10-8-9-19-46-33(24)22-39(4)48(44,45)30-16-13-27(36)14-17-30/h13-18,20,24-26,28,33,41H,5-12,19,21-23H2,1-4H3,(H2,37,38,43)/t24-,25-,26+,33+/m1/s1. The molecule has 4 atom stereocenters. The van der Waals surface area contributed by atoms with Gasteiger partial charge in [-0.05, 0) is 88.4 Å². The highest BCUT2D eigenvalue weighted by molar-refractivity contribution is 7.89. The molecule has 0 spiro atoms. The number of aliphatic hydroxyl groups is 1. The molecular formula is C35H51FN4O7S. The van der Waals surface area contributed by atoms with Gasteiger partial charge in [-0.1, -0.05) is 26.2 Å². The number of hydrogen-bond acceptors (Lipinski definition) is 7. The minimum absolute atomic E-state index is 0.00329. The molecule has 48 heavy (non-hydrogen) atoms. The Hall–Kier alpha value is -3.26. The summed E-state index contributed by atoms with van der Waals surface area (Å²) < 4.78 is 53.9. The molecule has 3 N–H and O–H groups in total. The maximum absolute atomic E-state index is 14.3. The zero-order chi connectivity index (χ0) is 34.8. The number of urea groups is 1. The lowest BCUT2D eigenvalue weighted by Crippen LogP contribution is -2.48. The number of benzene rings is 2. The smallest absolute Gasteiger partial charge is 0.319 e. The number of aliphatic hydroxyl groups excluding tert-OH is 1. The molecule has 2 aromatic carbocycles. The van der Waals surface area contributed by atoms with Crippen LogP contribution in [0.25, 0.3) is 0 Å². The Labute approximate surface area is 284 Å². The monoisotopic (exact) mass is 690 g/mol. The molecule has 2 aliphatic rings. The summed E-state index contributed by atoms with van der Waals surface area (Å²) in [7, 11) is -2.49. The number of ether oxygens (including phenoxy) is 2. The fraction of sp³-hybridized carbons (Fsp3) is 0.600.